The van der Waals surface area contributed by atoms with Crippen molar-refractivity contribution in [2.75, 3.05) is 0 Å². The van der Waals surface area contributed by atoms with Crippen LogP contribution in [0, 0.1) is 10.1 Å². The molecule has 0 radical (unpaired) electrons. The Hall–Kier alpha value is -1.17. The maximum Gasteiger partial charge on any atom is 0.269 e. The van der Waals surface area contributed by atoms with Crippen LogP contribution in [0.15, 0.2) is 30.3 Å². The molecule has 0 aliphatic rings. The number of nitro benzene ring substituents is 1. The van der Waals surface area contributed by atoms with Crippen molar-refractivity contribution in [3.63, 3.8) is 0 Å². The molecule has 0 spiro atoms. The van der Waals surface area contributed by atoms with Crippen LogP contribution in [0.2, 0.25) is 0 Å². The van der Waals surface area contributed by atoms with E-state index in [1.807, 2.05) is 0 Å². The molecule has 0 fully saturated rings. The van der Waals surface area contributed by atoms with E-state index in [1.54, 1.807) is 18.2 Å². The van der Waals surface area contributed by atoms with E-state index in [4.69, 9.17) is 10.5 Å². The van der Waals surface area contributed by atoms with Crippen molar-refractivity contribution in [3.8, 4) is 0 Å². The van der Waals surface area contributed by atoms with Crippen LogP contribution in [-0.2, 0) is 0 Å². The monoisotopic (exact) mass is 193 g/mol. The van der Waals surface area contributed by atoms with E-state index < -0.39 is 4.92 Å². The number of benzene rings is 1. The summed E-state index contributed by atoms with van der Waals surface area (Å²) < 4.78 is 0. The number of non-ortho nitro benzene ring substituents is 1. The van der Waals surface area contributed by atoms with Gasteiger partial charge in [0, 0.05) is 12.1 Å². The van der Waals surface area contributed by atoms with Gasteiger partial charge in [0.15, 0.2) is 0 Å². The number of hydrogen-bond acceptors (Lipinski definition) is 4. The van der Waals surface area contributed by atoms with Gasteiger partial charge < -0.3 is 0 Å². The van der Waals surface area contributed by atoms with Crippen molar-refractivity contribution in [3.05, 3.63) is 40.4 Å². The van der Waals surface area contributed by atoms with Gasteiger partial charge in [-0.25, -0.2) is 0 Å². The second-order valence-corrected chi connectivity index (χ2v) is 1.59. The standard InChI is InChI=1S/C6H5NO2.ClH.H2O2/c8-7(9)6-4-2-1-3-5-6;;1-2/h1-5H;1H;1-2H. The molecule has 12 heavy (non-hydrogen) atoms. The molecular weight excluding hydrogens is 186 g/mol. The van der Waals surface area contributed by atoms with Gasteiger partial charge in [-0.1, -0.05) is 18.2 Å². The lowest BCUT2D eigenvalue weighted by atomic mass is 10.3. The van der Waals surface area contributed by atoms with Crippen molar-refractivity contribution in [2.45, 2.75) is 0 Å². The zero-order valence-corrected chi connectivity index (χ0v) is 6.77. The highest BCUT2D eigenvalue weighted by Crippen LogP contribution is 2.06. The minimum absolute atomic E-state index is 0. The molecule has 0 saturated heterocycles. The molecule has 5 nitrogen and oxygen atoms in total. The smallest absolute Gasteiger partial charge is 0.258 e. The Morgan fingerprint density at radius 1 is 1.17 bits per heavy atom. The third kappa shape index (κ3) is 4.62. The number of nitro groups is 1. The van der Waals surface area contributed by atoms with Gasteiger partial charge in [-0.2, -0.15) is 0 Å². The summed E-state index contributed by atoms with van der Waals surface area (Å²) in [5.74, 6) is 0. The van der Waals surface area contributed by atoms with Gasteiger partial charge in [0.05, 0.1) is 4.92 Å². The summed E-state index contributed by atoms with van der Waals surface area (Å²) >= 11 is 0. The molecule has 1 rings (SSSR count). The van der Waals surface area contributed by atoms with Crippen molar-refractivity contribution in [1.29, 1.82) is 0 Å². The molecule has 0 atom stereocenters. The molecule has 0 amide bonds. The van der Waals surface area contributed by atoms with Crippen LogP contribution < -0.4 is 0 Å². The summed E-state index contributed by atoms with van der Waals surface area (Å²) in [5.41, 5.74) is 0.137. The van der Waals surface area contributed by atoms with Crippen molar-refractivity contribution < 1.29 is 15.4 Å². The zero-order chi connectivity index (χ0) is 8.69. The van der Waals surface area contributed by atoms with Crippen LogP contribution in [0.5, 0.6) is 0 Å². The number of rotatable bonds is 1. The molecule has 0 unspecified atom stereocenters. The average molecular weight is 194 g/mol. The zero-order valence-electron chi connectivity index (χ0n) is 5.95. The number of hydrogen-bond donors (Lipinski definition) is 2. The van der Waals surface area contributed by atoms with E-state index in [2.05, 4.69) is 0 Å². The fourth-order valence-electron chi connectivity index (χ4n) is 0.550. The van der Waals surface area contributed by atoms with Gasteiger partial charge in [-0.05, 0) is 0 Å². The van der Waals surface area contributed by atoms with E-state index in [1.165, 1.54) is 12.1 Å². The highest BCUT2D eigenvalue weighted by Gasteiger charge is 1.98. The lowest BCUT2D eigenvalue weighted by Gasteiger charge is -1.85. The van der Waals surface area contributed by atoms with Crippen molar-refractivity contribution >= 4 is 18.1 Å². The van der Waals surface area contributed by atoms with E-state index in [9.17, 15) is 10.1 Å². The highest BCUT2D eigenvalue weighted by molar-refractivity contribution is 5.85. The summed E-state index contributed by atoms with van der Waals surface area (Å²) in [6, 6.07) is 7.93. The number of halogens is 1. The number of para-hydroxylation sites is 1. The topological polar surface area (TPSA) is 83.6 Å². The molecule has 0 bridgehead atoms. The van der Waals surface area contributed by atoms with Gasteiger partial charge in [0.1, 0.15) is 0 Å². The first-order valence-corrected chi connectivity index (χ1v) is 2.70. The normalized spacial score (nSPS) is 7.17. The minimum Gasteiger partial charge on any atom is -0.258 e. The Labute approximate surface area is 74.8 Å². The van der Waals surface area contributed by atoms with Crippen molar-refractivity contribution in [1.82, 2.24) is 0 Å². The van der Waals surface area contributed by atoms with Crippen LogP contribution >= 0.6 is 12.4 Å². The predicted octanol–water partition coefficient (Wildman–Crippen LogP) is 2.03. The third-order valence-corrected chi connectivity index (χ3v) is 0.967. The second kappa shape index (κ2) is 7.93. The van der Waals surface area contributed by atoms with Gasteiger partial charge in [-0.3, -0.25) is 20.6 Å². The second-order valence-electron chi connectivity index (χ2n) is 1.59. The lowest BCUT2D eigenvalue weighted by molar-refractivity contribution is -0.384. The molecule has 0 aliphatic heterocycles. The summed E-state index contributed by atoms with van der Waals surface area (Å²) in [6.07, 6.45) is 0. The first-order chi connectivity index (χ1) is 5.30. The van der Waals surface area contributed by atoms with Gasteiger partial charge in [0.25, 0.3) is 5.69 Å². The fraction of sp³-hybridized carbons (Fsp3) is 0. The molecule has 0 heterocycles. The largest absolute Gasteiger partial charge is 0.269 e. The highest BCUT2D eigenvalue weighted by atomic mass is 35.5. The van der Waals surface area contributed by atoms with E-state index >= 15 is 0 Å². The Bertz CT molecular complexity index is 216. The van der Waals surface area contributed by atoms with E-state index in [0.29, 0.717) is 0 Å². The predicted molar refractivity (Wildman–Crippen MR) is 45.6 cm³/mol. The number of nitrogens with zero attached hydrogens (tertiary/aromatic N) is 1. The van der Waals surface area contributed by atoms with Gasteiger partial charge >= 0.3 is 0 Å². The van der Waals surface area contributed by atoms with E-state index in [-0.39, 0.29) is 18.1 Å². The molecule has 1 aromatic carbocycles. The summed E-state index contributed by atoms with van der Waals surface area (Å²) in [7, 11) is 0. The van der Waals surface area contributed by atoms with Gasteiger partial charge in [0.2, 0.25) is 0 Å². The SMILES string of the molecule is Cl.O=[N+]([O-])c1ccccc1.OO. The maximum absolute atomic E-state index is 10.0. The van der Waals surface area contributed by atoms with Gasteiger partial charge in [-0.15, -0.1) is 12.4 Å². The summed E-state index contributed by atoms with van der Waals surface area (Å²) in [6.45, 7) is 0. The Kier molecular flexibility index (Phi) is 8.87. The Balaban J connectivity index is 0. The summed E-state index contributed by atoms with van der Waals surface area (Å²) in [5, 5.41) is 22.0. The average Bonchev–Trinajstić information content (AvgIpc) is 2.10. The quantitative estimate of drug-likeness (QED) is 0.406. The van der Waals surface area contributed by atoms with Crippen LogP contribution in [-0.4, -0.2) is 15.4 Å². The molecule has 0 aliphatic carbocycles. The first-order valence-electron chi connectivity index (χ1n) is 2.70. The van der Waals surface area contributed by atoms with Crippen LogP contribution in [0.3, 0.4) is 0 Å². The minimum atomic E-state index is -0.417. The molecule has 1 aromatic rings. The Morgan fingerprint density at radius 2 is 1.58 bits per heavy atom. The first kappa shape index (κ1) is 13.4. The van der Waals surface area contributed by atoms with Crippen LogP contribution in [0.1, 0.15) is 0 Å². The third-order valence-electron chi connectivity index (χ3n) is 0.967. The fourth-order valence-corrected chi connectivity index (χ4v) is 0.550. The Morgan fingerprint density at radius 3 is 1.83 bits per heavy atom. The molecular formula is C6H8ClNO4. The molecule has 68 valence electrons. The molecule has 0 aromatic heterocycles. The van der Waals surface area contributed by atoms with Crippen molar-refractivity contribution in [2.24, 2.45) is 0 Å². The molecule has 2 N–H and O–H groups in total. The summed E-state index contributed by atoms with van der Waals surface area (Å²) in [4.78, 5) is 9.59. The maximum atomic E-state index is 10.0. The molecule has 6 heteroatoms. The van der Waals surface area contributed by atoms with Crippen LogP contribution in [0.25, 0.3) is 0 Å². The lowest BCUT2D eigenvalue weighted by Crippen LogP contribution is -1.84. The molecule has 0 saturated carbocycles. The van der Waals surface area contributed by atoms with E-state index in [0.717, 1.165) is 0 Å². The van der Waals surface area contributed by atoms with Crippen LogP contribution in [0.4, 0.5) is 5.69 Å².